The predicted octanol–water partition coefficient (Wildman–Crippen LogP) is 10.6. The molecule has 230 valence electrons. The SMILES string of the molecule is c1ccc(-c2cc(-c3ccccc3)nc(-c3cccc(-c4ccc5c(c4)nc4n(-c6ccccc6)c6c7ccccc7oc6n54)c3)n2)cc1. The van der Waals surface area contributed by atoms with E-state index in [9.17, 15) is 0 Å². The molecule has 0 aliphatic rings. The van der Waals surface area contributed by atoms with Crippen LogP contribution in [0, 0.1) is 0 Å². The minimum absolute atomic E-state index is 0.681. The molecule has 0 amide bonds. The van der Waals surface area contributed by atoms with E-state index in [-0.39, 0.29) is 0 Å². The van der Waals surface area contributed by atoms with Crippen LogP contribution in [0.15, 0.2) is 168 Å². The Balaban J connectivity index is 1.12. The number of benzene rings is 6. The van der Waals surface area contributed by atoms with Crippen LogP contribution in [0.5, 0.6) is 0 Å². The molecule has 0 saturated carbocycles. The minimum atomic E-state index is 0.681. The van der Waals surface area contributed by atoms with Gasteiger partial charge in [0.25, 0.3) is 0 Å². The van der Waals surface area contributed by atoms with Gasteiger partial charge in [-0.2, -0.15) is 0 Å². The van der Waals surface area contributed by atoms with Crippen LogP contribution < -0.4 is 0 Å². The maximum absolute atomic E-state index is 6.49. The molecule has 0 aliphatic heterocycles. The first-order valence-electron chi connectivity index (χ1n) is 16.3. The molecule has 0 unspecified atom stereocenters. The van der Waals surface area contributed by atoms with E-state index in [0.717, 1.165) is 83.9 Å². The fourth-order valence-corrected chi connectivity index (χ4v) is 6.83. The molecule has 4 heterocycles. The summed E-state index contributed by atoms with van der Waals surface area (Å²) in [7, 11) is 0. The topological polar surface area (TPSA) is 61.2 Å². The van der Waals surface area contributed by atoms with Gasteiger partial charge in [-0.1, -0.05) is 115 Å². The fourth-order valence-electron chi connectivity index (χ4n) is 6.83. The maximum atomic E-state index is 6.49. The van der Waals surface area contributed by atoms with Crippen LogP contribution in [0.4, 0.5) is 0 Å². The molecule has 0 radical (unpaired) electrons. The quantitative estimate of drug-likeness (QED) is 0.190. The number of rotatable bonds is 5. The third-order valence-corrected chi connectivity index (χ3v) is 9.15. The molecule has 0 atom stereocenters. The van der Waals surface area contributed by atoms with Gasteiger partial charge in [0.2, 0.25) is 11.5 Å². The number of aromatic nitrogens is 5. The monoisotopic (exact) mass is 629 g/mol. The lowest BCUT2D eigenvalue weighted by Gasteiger charge is -2.10. The predicted molar refractivity (Wildman–Crippen MR) is 197 cm³/mol. The van der Waals surface area contributed by atoms with Crippen molar-refractivity contribution in [2.24, 2.45) is 0 Å². The van der Waals surface area contributed by atoms with Crippen LogP contribution in [0.3, 0.4) is 0 Å². The zero-order valence-corrected chi connectivity index (χ0v) is 26.2. The van der Waals surface area contributed by atoms with E-state index in [1.54, 1.807) is 0 Å². The highest BCUT2D eigenvalue weighted by Gasteiger charge is 2.23. The Labute approximate surface area is 281 Å². The van der Waals surface area contributed by atoms with Gasteiger partial charge < -0.3 is 4.42 Å². The average Bonchev–Trinajstić information content (AvgIpc) is 3.83. The molecule has 10 rings (SSSR count). The first-order chi connectivity index (χ1) is 24.3. The molecule has 49 heavy (non-hydrogen) atoms. The van der Waals surface area contributed by atoms with Gasteiger partial charge in [-0.25, -0.2) is 19.4 Å². The molecular formula is C43H27N5O. The van der Waals surface area contributed by atoms with Crippen LogP contribution in [0.2, 0.25) is 0 Å². The summed E-state index contributed by atoms with van der Waals surface area (Å²) in [5.41, 5.74) is 12.5. The van der Waals surface area contributed by atoms with E-state index < -0.39 is 0 Å². The average molecular weight is 630 g/mol. The van der Waals surface area contributed by atoms with Crippen molar-refractivity contribution in [2.45, 2.75) is 0 Å². The van der Waals surface area contributed by atoms with Crippen LogP contribution in [-0.4, -0.2) is 23.9 Å². The Morgan fingerprint density at radius 2 is 1.08 bits per heavy atom. The normalized spacial score (nSPS) is 11.7. The molecule has 10 aromatic rings. The van der Waals surface area contributed by atoms with Gasteiger partial charge in [0, 0.05) is 27.8 Å². The number of nitrogens with zero attached hydrogens (tertiary/aromatic N) is 5. The highest BCUT2D eigenvalue weighted by atomic mass is 16.3. The van der Waals surface area contributed by atoms with Crippen molar-refractivity contribution in [1.29, 1.82) is 0 Å². The van der Waals surface area contributed by atoms with Crippen molar-refractivity contribution in [2.75, 3.05) is 0 Å². The Morgan fingerprint density at radius 3 is 1.82 bits per heavy atom. The summed E-state index contributed by atoms with van der Waals surface area (Å²) < 4.78 is 10.8. The lowest BCUT2D eigenvalue weighted by Crippen LogP contribution is -1.96. The van der Waals surface area contributed by atoms with Crippen LogP contribution in [0.25, 0.3) is 89.7 Å². The van der Waals surface area contributed by atoms with Crippen LogP contribution in [-0.2, 0) is 0 Å². The summed E-state index contributed by atoms with van der Waals surface area (Å²) in [6.07, 6.45) is 0. The Morgan fingerprint density at radius 1 is 0.469 bits per heavy atom. The van der Waals surface area contributed by atoms with Crippen molar-refractivity contribution in [3.8, 4) is 50.7 Å². The number of hydrogen-bond acceptors (Lipinski definition) is 4. The van der Waals surface area contributed by atoms with Gasteiger partial charge in [0.1, 0.15) is 11.1 Å². The number of para-hydroxylation sites is 2. The second-order valence-corrected chi connectivity index (χ2v) is 12.1. The van der Waals surface area contributed by atoms with Crippen molar-refractivity contribution in [3.05, 3.63) is 164 Å². The Hall–Kier alpha value is -6.79. The van der Waals surface area contributed by atoms with Gasteiger partial charge in [-0.3, -0.25) is 4.57 Å². The summed E-state index contributed by atoms with van der Waals surface area (Å²) in [6.45, 7) is 0. The van der Waals surface area contributed by atoms with E-state index in [0.29, 0.717) is 5.82 Å². The van der Waals surface area contributed by atoms with E-state index in [1.165, 1.54) is 0 Å². The second kappa shape index (κ2) is 10.9. The van der Waals surface area contributed by atoms with E-state index in [4.69, 9.17) is 19.4 Å². The molecular weight excluding hydrogens is 603 g/mol. The summed E-state index contributed by atoms with van der Waals surface area (Å²) >= 11 is 0. The maximum Gasteiger partial charge on any atom is 0.232 e. The largest absolute Gasteiger partial charge is 0.437 e. The standard InChI is InChI=1S/C43H27N5O/c1-4-13-28(14-5-1)35-27-36(29-15-6-2-7-16-29)45-41(44-35)32-18-12-17-30(25-32)31-23-24-38-37(26-31)46-43-47(33-19-8-3-9-20-33)40-34-21-10-11-22-39(34)49-42(40)48(38)43/h1-27H. The summed E-state index contributed by atoms with van der Waals surface area (Å²) in [4.78, 5) is 15.3. The molecule has 0 aliphatic carbocycles. The third kappa shape index (κ3) is 4.46. The number of hydrogen-bond donors (Lipinski definition) is 0. The van der Waals surface area contributed by atoms with Crippen molar-refractivity contribution >= 4 is 39.0 Å². The smallest absolute Gasteiger partial charge is 0.232 e. The minimum Gasteiger partial charge on any atom is -0.437 e. The molecule has 0 bridgehead atoms. The lowest BCUT2D eigenvalue weighted by molar-refractivity contribution is 0.651. The molecule has 6 aromatic carbocycles. The fraction of sp³-hybridized carbons (Fsp3) is 0. The van der Waals surface area contributed by atoms with Gasteiger partial charge in [0.05, 0.1) is 22.4 Å². The Kier molecular flexibility index (Phi) is 6.08. The zero-order chi connectivity index (χ0) is 32.3. The summed E-state index contributed by atoms with van der Waals surface area (Å²) in [6, 6.07) is 56.0. The molecule has 4 aromatic heterocycles. The molecule has 6 heteroatoms. The van der Waals surface area contributed by atoms with E-state index >= 15 is 0 Å². The number of furan rings is 1. The number of fused-ring (bicyclic) bond motifs is 7. The lowest BCUT2D eigenvalue weighted by atomic mass is 10.0. The second-order valence-electron chi connectivity index (χ2n) is 12.1. The summed E-state index contributed by atoms with van der Waals surface area (Å²) in [5, 5.41) is 1.06. The van der Waals surface area contributed by atoms with Gasteiger partial charge in [-0.15, -0.1) is 0 Å². The molecule has 0 saturated heterocycles. The van der Waals surface area contributed by atoms with Crippen LogP contribution in [0.1, 0.15) is 0 Å². The van der Waals surface area contributed by atoms with Gasteiger partial charge in [0.15, 0.2) is 5.82 Å². The van der Waals surface area contributed by atoms with Crippen molar-refractivity contribution in [1.82, 2.24) is 23.9 Å². The third-order valence-electron chi connectivity index (χ3n) is 9.15. The highest BCUT2D eigenvalue weighted by molar-refractivity contribution is 6.06. The van der Waals surface area contributed by atoms with Gasteiger partial charge in [-0.05, 0) is 59.7 Å². The van der Waals surface area contributed by atoms with Crippen molar-refractivity contribution < 1.29 is 4.42 Å². The summed E-state index contributed by atoms with van der Waals surface area (Å²) in [5.74, 6) is 1.49. The van der Waals surface area contributed by atoms with E-state index in [2.05, 4.69) is 112 Å². The zero-order valence-electron chi connectivity index (χ0n) is 26.2. The van der Waals surface area contributed by atoms with Crippen LogP contribution >= 0.6 is 0 Å². The molecule has 6 nitrogen and oxygen atoms in total. The highest BCUT2D eigenvalue weighted by Crippen LogP contribution is 2.37. The molecule has 0 spiro atoms. The van der Waals surface area contributed by atoms with Crippen molar-refractivity contribution in [3.63, 3.8) is 0 Å². The first-order valence-corrected chi connectivity index (χ1v) is 16.3. The van der Waals surface area contributed by atoms with Gasteiger partial charge >= 0.3 is 0 Å². The molecule has 0 N–H and O–H groups in total. The molecule has 0 fully saturated rings. The first kappa shape index (κ1) is 27.3. The number of imidazole rings is 2. The Bertz CT molecular complexity index is 2760. The van der Waals surface area contributed by atoms with E-state index in [1.807, 2.05) is 60.7 Å².